The van der Waals surface area contributed by atoms with Crippen molar-refractivity contribution in [1.82, 2.24) is 9.80 Å². The standard InChI is InChI=1S/C30H39N3O4S/c1-21(2)18-33(30(35)31-25-9-7-8-22(3)16-25)20-29(34)32(19-28-23(4)13-15-38-28)14-12-24-10-11-26(36-5)27(17-24)37-6/h7-11,13,15-17,21H,12,14,18-20H2,1-6H3,(H,31,35). The monoisotopic (exact) mass is 537 g/mol. The van der Waals surface area contributed by atoms with Gasteiger partial charge in [-0.05, 0) is 78.6 Å². The molecule has 0 bridgehead atoms. The predicted octanol–water partition coefficient (Wildman–Crippen LogP) is 6.14. The first-order chi connectivity index (χ1) is 18.2. The van der Waals surface area contributed by atoms with Crippen molar-refractivity contribution in [3.63, 3.8) is 0 Å². The molecular weight excluding hydrogens is 498 g/mol. The van der Waals surface area contributed by atoms with E-state index in [2.05, 4.69) is 18.3 Å². The van der Waals surface area contributed by atoms with Gasteiger partial charge < -0.3 is 24.6 Å². The summed E-state index contributed by atoms with van der Waals surface area (Å²) < 4.78 is 10.8. The SMILES string of the molecule is COc1ccc(CCN(Cc2sccc2C)C(=O)CN(CC(C)C)C(=O)Nc2cccc(C)c2)cc1OC. The quantitative estimate of drug-likeness (QED) is 0.301. The molecule has 1 aromatic heterocycles. The summed E-state index contributed by atoms with van der Waals surface area (Å²) in [7, 11) is 3.22. The van der Waals surface area contributed by atoms with Crippen LogP contribution >= 0.6 is 11.3 Å². The predicted molar refractivity (Wildman–Crippen MR) is 154 cm³/mol. The van der Waals surface area contributed by atoms with Gasteiger partial charge in [0.1, 0.15) is 6.54 Å². The van der Waals surface area contributed by atoms with Gasteiger partial charge in [0.05, 0.1) is 20.8 Å². The molecule has 0 saturated carbocycles. The van der Waals surface area contributed by atoms with Crippen molar-refractivity contribution in [3.05, 3.63) is 75.5 Å². The van der Waals surface area contributed by atoms with Gasteiger partial charge in [0.15, 0.2) is 11.5 Å². The minimum atomic E-state index is -0.273. The number of anilines is 1. The first kappa shape index (κ1) is 29.0. The molecule has 0 aliphatic carbocycles. The Morgan fingerprint density at radius 3 is 2.37 bits per heavy atom. The van der Waals surface area contributed by atoms with Gasteiger partial charge in [-0.25, -0.2) is 4.79 Å². The normalized spacial score (nSPS) is 10.8. The van der Waals surface area contributed by atoms with E-state index in [0.717, 1.165) is 27.3 Å². The zero-order chi connectivity index (χ0) is 27.7. The molecular formula is C30H39N3O4S. The van der Waals surface area contributed by atoms with E-state index in [1.54, 1.807) is 30.5 Å². The molecule has 2 aromatic carbocycles. The number of aryl methyl sites for hydroxylation is 2. The van der Waals surface area contributed by atoms with Crippen molar-refractivity contribution in [2.75, 3.05) is 39.2 Å². The van der Waals surface area contributed by atoms with Crippen LogP contribution in [0.1, 0.15) is 35.4 Å². The van der Waals surface area contributed by atoms with Gasteiger partial charge >= 0.3 is 6.03 Å². The smallest absolute Gasteiger partial charge is 0.322 e. The topological polar surface area (TPSA) is 71.1 Å². The van der Waals surface area contributed by atoms with Crippen LogP contribution in [0.4, 0.5) is 10.5 Å². The average molecular weight is 538 g/mol. The Bertz CT molecular complexity index is 1220. The number of carbonyl (C=O) groups is 2. The number of urea groups is 1. The Morgan fingerprint density at radius 1 is 0.974 bits per heavy atom. The Labute approximate surface area is 230 Å². The number of ether oxygens (including phenoxy) is 2. The second-order valence-corrected chi connectivity index (χ2v) is 10.9. The number of benzene rings is 2. The molecule has 204 valence electrons. The fourth-order valence-corrected chi connectivity index (χ4v) is 5.10. The fourth-order valence-electron chi connectivity index (χ4n) is 4.18. The minimum absolute atomic E-state index is 0.00614. The van der Waals surface area contributed by atoms with Crippen molar-refractivity contribution < 1.29 is 19.1 Å². The van der Waals surface area contributed by atoms with Crippen molar-refractivity contribution in [3.8, 4) is 11.5 Å². The Balaban J connectivity index is 1.77. The van der Waals surface area contributed by atoms with Gasteiger partial charge in [0, 0.05) is 23.7 Å². The third-order valence-corrected chi connectivity index (χ3v) is 7.25. The number of nitrogens with zero attached hydrogens (tertiary/aromatic N) is 2. The molecule has 0 atom stereocenters. The van der Waals surface area contributed by atoms with Crippen molar-refractivity contribution in [1.29, 1.82) is 0 Å². The molecule has 8 heteroatoms. The molecule has 0 unspecified atom stereocenters. The summed E-state index contributed by atoms with van der Waals surface area (Å²) in [5, 5.41) is 5.00. The van der Waals surface area contributed by atoms with E-state index in [9.17, 15) is 9.59 Å². The summed E-state index contributed by atoms with van der Waals surface area (Å²) in [5.74, 6) is 1.46. The first-order valence-corrected chi connectivity index (χ1v) is 13.7. The number of hydrogen-bond acceptors (Lipinski definition) is 5. The Kier molecular flexibility index (Phi) is 10.6. The number of rotatable bonds is 12. The van der Waals surface area contributed by atoms with E-state index >= 15 is 0 Å². The van der Waals surface area contributed by atoms with Gasteiger partial charge in [0.2, 0.25) is 5.91 Å². The van der Waals surface area contributed by atoms with Crippen LogP contribution in [0.2, 0.25) is 0 Å². The van der Waals surface area contributed by atoms with Gasteiger partial charge in [-0.3, -0.25) is 4.79 Å². The van der Waals surface area contributed by atoms with Crippen LogP contribution in [0.25, 0.3) is 0 Å². The largest absolute Gasteiger partial charge is 0.493 e. The van der Waals surface area contributed by atoms with Crippen LogP contribution in [-0.4, -0.2) is 55.6 Å². The summed E-state index contributed by atoms with van der Waals surface area (Å²) in [6.07, 6.45) is 0.649. The van der Waals surface area contributed by atoms with E-state index in [0.29, 0.717) is 37.6 Å². The van der Waals surface area contributed by atoms with Crippen LogP contribution < -0.4 is 14.8 Å². The molecule has 0 spiro atoms. The first-order valence-electron chi connectivity index (χ1n) is 12.8. The number of thiophene rings is 1. The van der Waals surface area contributed by atoms with E-state index in [1.165, 1.54) is 0 Å². The highest BCUT2D eigenvalue weighted by Crippen LogP contribution is 2.28. The second kappa shape index (κ2) is 13.9. The Morgan fingerprint density at radius 2 is 1.74 bits per heavy atom. The van der Waals surface area contributed by atoms with Crippen molar-refractivity contribution in [2.24, 2.45) is 5.92 Å². The van der Waals surface area contributed by atoms with Crippen LogP contribution in [0.5, 0.6) is 11.5 Å². The third kappa shape index (κ3) is 8.25. The Hall–Kier alpha value is -3.52. The number of nitrogens with one attached hydrogen (secondary N) is 1. The molecule has 0 fully saturated rings. The molecule has 3 rings (SSSR count). The fraction of sp³-hybridized carbons (Fsp3) is 0.400. The van der Waals surface area contributed by atoms with Crippen LogP contribution in [0.3, 0.4) is 0 Å². The number of methoxy groups -OCH3 is 2. The van der Waals surface area contributed by atoms with Gasteiger partial charge in [-0.2, -0.15) is 0 Å². The molecule has 3 aromatic rings. The van der Waals surface area contributed by atoms with Gasteiger partial charge in [-0.15, -0.1) is 11.3 Å². The zero-order valence-corrected chi connectivity index (χ0v) is 24.1. The summed E-state index contributed by atoms with van der Waals surface area (Å²) in [6.45, 7) is 9.63. The molecule has 1 N–H and O–H groups in total. The molecule has 0 aliphatic rings. The van der Waals surface area contributed by atoms with Crippen LogP contribution in [0.15, 0.2) is 53.9 Å². The lowest BCUT2D eigenvalue weighted by atomic mass is 10.1. The van der Waals surface area contributed by atoms with E-state index in [4.69, 9.17) is 9.47 Å². The molecule has 7 nitrogen and oxygen atoms in total. The van der Waals surface area contributed by atoms with Crippen molar-refractivity contribution >= 4 is 29.0 Å². The lowest BCUT2D eigenvalue weighted by Crippen LogP contribution is -2.46. The van der Waals surface area contributed by atoms with Gasteiger partial charge in [0.25, 0.3) is 0 Å². The maximum atomic E-state index is 13.7. The molecule has 0 aliphatic heterocycles. The lowest BCUT2D eigenvalue weighted by Gasteiger charge is -2.29. The zero-order valence-electron chi connectivity index (χ0n) is 23.2. The van der Waals surface area contributed by atoms with Gasteiger partial charge in [-0.1, -0.05) is 32.0 Å². The summed E-state index contributed by atoms with van der Waals surface area (Å²) in [4.78, 5) is 31.5. The van der Waals surface area contributed by atoms with E-state index in [1.807, 2.05) is 73.5 Å². The molecule has 38 heavy (non-hydrogen) atoms. The van der Waals surface area contributed by atoms with E-state index < -0.39 is 0 Å². The highest BCUT2D eigenvalue weighted by Gasteiger charge is 2.23. The molecule has 0 radical (unpaired) electrons. The second-order valence-electron chi connectivity index (χ2n) is 9.86. The summed E-state index contributed by atoms with van der Waals surface area (Å²) >= 11 is 1.64. The maximum Gasteiger partial charge on any atom is 0.322 e. The van der Waals surface area contributed by atoms with Crippen LogP contribution in [-0.2, 0) is 17.8 Å². The van der Waals surface area contributed by atoms with Crippen LogP contribution in [0, 0.1) is 19.8 Å². The summed E-state index contributed by atoms with van der Waals surface area (Å²) in [5.41, 5.74) is 3.98. The molecule has 1 heterocycles. The summed E-state index contributed by atoms with van der Waals surface area (Å²) in [6, 6.07) is 15.3. The van der Waals surface area contributed by atoms with Crippen molar-refractivity contribution in [2.45, 2.75) is 40.7 Å². The molecule has 3 amide bonds. The highest BCUT2D eigenvalue weighted by molar-refractivity contribution is 7.10. The highest BCUT2D eigenvalue weighted by atomic mass is 32.1. The lowest BCUT2D eigenvalue weighted by molar-refractivity contribution is -0.132. The van der Waals surface area contributed by atoms with E-state index in [-0.39, 0.29) is 24.4 Å². The number of amides is 3. The maximum absolute atomic E-state index is 13.7. The third-order valence-electron chi connectivity index (χ3n) is 6.24. The number of carbonyl (C=O) groups excluding carboxylic acids is 2. The average Bonchev–Trinajstić information content (AvgIpc) is 3.29. The molecule has 0 saturated heterocycles. The number of hydrogen-bond donors (Lipinski definition) is 1. The minimum Gasteiger partial charge on any atom is -0.493 e.